The normalized spacial score (nSPS) is 16.7. The minimum atomic E-state index is -0.530. The zero-order chi connectivity index (χ0) is 59.3. The van der Waals surface area contributed by atoms with Crippen LogP contribution in [0.4, 0.5) is 11.4 Å². The SMILES string of the molecule is CC(=O)OCC1CCc2c([nH]c3c(C(N)=O)ccc(-c4cccc(N5C(=O)c6ccc(C(C)(C)C)cc6C5=O)c4C)c23)C1.Cc1c(-c2ccc(C(N)=O)c3[nH]c4c(c23)CCC(CO)C4)cccc1N1C(=O)c2ccc(C(C)(C)C)cc2C1=O. The maximum atomic E-state index is 13.7. The molecule has 6 aromatic carbocycles. The average Bonchev–Trinajstić information content (AvgIpc) is 2.96. The maximum absolute atomic E-state index is 13.7. The number of aromatic nitrogens is 2. The van der Waals surface area contributed by atoms with Crippen LogP contribution in [-0.4, -0.2) is 69.7 Å². The van der Waals surface area contributed by atoms with Crippen LogP contribution in [0.2, 0.25) is 0 Å². The van der Waals surface area contributed by atoms with Crippen molar-refractivity contribution in [2.75, 3.05) is 23.0 Å². The molecule has 2 aromatic heterocycles. The molecule has 2 atom stereocenters. The van der Waals surface area contributed by atoms with Crippen molar-refractivity contribution >= 4 is 74.6 Å². The van der Waals surface area contributed by atoms with E-state index in [0.29, 0.717) is 75.2 Å². The van der Waals surface area contributed by atoms with Crippen LogP contribution in [-0.2, 0) is 46.0 Å². The van der Waals surface area contributed by atoms with E-state index in [2.05, 4.69) is 51.5 Å². The number of amides is 6. The number of carbonyl (C=O) groups excluding carboxylic acids is 7. The number of ether oxygens (including phenoxy) is 1. The molecule has 7 N–H and O–H groups in total. The molecule has 0 fully saturated rings. The van der Waals surface area contributed by atoms with E-state index in [1.54, 1.807) is 36.4 Å². The minimum absolute atomic E-state index is 0.114. The molecule has 12 rings (SSSR count). The number of esters is 1. The first-order valence-corrected chi connectivity index (χ1v) is 28.3. The third kappa shape index (κ3) is 9.59. The Morgan fingerprint density at radius 1 is 0.554 bits per heavy atom. The summed E-state index contributed by atoms with van der Waals surface area (Å²) in [5.74, 6) is -2.34. The van der Waals surface area contributed by atoms with E-state index in [1.165, 1.54) is 16.7 Å². The molecule has 0 spiro atoms. The van der Waals surface area contributed by atoms with Gasteiger partial charge in [0.05, 0.1) is 62.4 Å². The number of nitrogens with one attached hydrogen (secondary N) is 2. The fourth-order valence-electron chi connectivity index (χ4n) is 12.8. The zero-order valence-corrected chi connectivity index (χ0v) is 48.3. The van der Waals surface area contributed by atoms with Gasteiger partial charge in [0, 0.05) is 35.7 Å². The predicted octanol–water partition coefficient (Wildman–Crippen LogP) is 11.4. The van der Waals surface area contributed by atoms with Gasteiger partial charge in [-0.25, -0.2) is 9.80 Å². The fourth-order valence-corrected chi connectivity index (χ4v) is 12.8. The Kier molecular flexibility index (Phi) is 14.0. The summed E-state index contributed by atoms with van der Waals surface area (Å²) in [5.41, 5.74) is 27.4. The molecule has 0 bridgehead atoms. The number of aromatic amines is 2. The number of hydrogen-bond donors (Lipinski definition) is 5. The highest BCUT2D eigenvalue weighted by Gasteiger charge is 2.41. The van der Waals surface area contributed by atoms with Gasteiger partial charge in [-0.15, -0.1) is 0 Å². The highest BCUT2D eigenvalue weighted by Crippen LogP contribution is 2.45. The van der Waals surface area contributed by atoms with Crippen LogP contribution >= 0.6 is 0 Å². The van der Waals surface area contributed by atoms with Gasteiger partial charge in [0.15, 0.2) is 0 Å². The Balaban J connectivity index is 0.000000174. The van der Waals surface area contributed by atoms with Crippen LogP contribution in [0.15, 0.2) is 97.1 Å². The number of rotatable bonds is 9. The smallest absolute Gasteiger partial charge is 0.302 e. The van der Waals surface area contributed by atoms with Gasteiger partial charge in [-0.2, -0.15) is 0 Å². The van der Waals surface area contributed by atoms with Crippen molar-refractivity contribution in [1.29, 1.82) is 0 Å². The van der Waals surface area contributed by atoms with Gasteiger partial charge in [0.2, 0.25) is 0 Å². The molecule has 0 saturated carbocycles. The molecule has 8 aromatic rings. The molecule has 4 aliphatic rings. The van der Waals surface area contributed by atoms with E-state index in [0.717, 1.165) is 103 Å². The number of benzene rings is 6. The number of nitrogens with zero attached hydrogens (tertiary/aromatic N) is 2. The average molecular weight is 1110 g/mol. The van der Waals surface area contributed by atoms with E-state index >= 15 is 0 Å². The lowest BCUT2D eigenvalue weighted by Crippen LogP contribution is -2.30. The monoisotopic (exact) mass is 1110 g/mol. The van der Waals surface area contributed by atoms with Gasteiger partial charge in [-0.05, 0) is 179 Å². The summed E-state index contributed by atoms with van der Waals surface area (Å²) in [5, 5.41) is 11.6. The lowest BCUT2D eigenvalue weighted by molar-refractivity contribution is -0.142. The molecule has 83 heavy (non-hydrogen) atoms. The molecular formula is C68H68N6O9. The van der Waals surface area contributed by atoms with Crippen molar-refractivity contribution in [3.05, 3.63) is 175 Å². The topological polar surface area (TPSA) is 239 Å². The largest absolute Gasteiger partial charge is 0.466 e. The number of H-pyrrole nitrogens is 2. The van der Waals surface area contributed by atoms with Crippen LogP contribution in [0.1, 0.15) is 168 Å². The standard InChI is InChI=1S/C35H35N3O5.C33H33N3O4/c1-18-22(7-6-8-29(18)38-33(41)24-12-10-21(35(3,4)5)16-27(24)34(38)42)23-13-14-26(32(36)40)31-30(23)25-11-9-20(15-28(25)37-31)17-43-19(2)39;1-17-20(21-12-13-24(30(34)38)29-28(21)23-10-8-18(16-37)14-26(23)35-29)6-5-7-27(17)36-31(39)22-11-9-19(33(2,3)4)15-25(22)32(36)40/h6-8,10,12-14,16,20,37H,9,11,15,17H2,1-5H3,(H2,36,40);5-7,9,11-13,15,18,35,37H,8,10,14,16H2,1-4H3,(H2,34,38). The number of primary amides is 2. The summed E-state index contributed by atoms with van der Waals surface area (Å²) in [4.78, 5) is 100. The third-order valence-corrected chi connectivity index (χ3v) is 17.4. The molecule has 15 heteroatoms. The first kappa shape index (κ1) is 55.9. The number of imide groups is 2. The van der Waals surface area contributed by atoms with E-state index in [4.69, 9.17) is 16.2 Å². The van der Waals surface area contributed by atoms with Crippen LogP contribution in [0.5, 0.6) is 0 Å². The number of aliphatic hydroxyl groups excluding tert-OH is 1. The molecule has 2 unspecified atom stereocenters. The van der Waals surface area contributed by atoms with Gasteiger partial charge in [0.25, 0.3) is 35.4 Å². The fraction of sp³-hybridized carbons (Fsp3) is 0.309. The summed E-state index contributed by atoms with van der Waals surface area (Å²) in [6, 6.07) is 29.5. The highest BCUT2D eigenvalue weighted by atomic mass is 16.5. The van der Waals surface area contributed by atoms with Crippen LogP contribution in [0, 0.1) is 25.7 Å². The Hall–Kier alpha value is -8.95. The molecule has 6 amide bonds. The maximum Gasteiger partial charge on any atom is 0.302 e. The van der Waals surface area contributed by atoms with Gasteiger partial charge in [-0.1, -0.05) is 90.1 Å². The second kappa shape index (κ2) is 20.8. The van der Waals surface area contributed by atoms with Crippen molar-refractivity contribution in [3.63, 3.8) is 0 Å². The summed E-state index contributed by atoms with van der Waals surface area (Å²) >= 11 is 0. The summed E-state index contributed by atoms with van der Waals surface area (Å²) < 4.78 is 5.28. The molecular weight excluding hydrogens is 1040 g/mol. The Bertz CT molecular complexity index is 4130. The third-order valence-electron chi connectivity index (χ3n) is 17.4. The highest BCUT2D eigenvalue weighted by molar-refractivity contribution is 6.36. The second-order valence-electron chi connectivity index (χ2n) is 24.7. The van der Waals surface area contributed by atoms with E-state index in [1.807, 2.05) is 74.5 Å². The van der Waals surface area contributed by atoms with Crippen LogP contribution < -0.4 is 21.3 Å². The van der Waals surface area contributed by atoms with Crippen molar-refractivity contribution < 1.29 is 43.4 Å². The van der Waals surface area contributed by atoms with Crippen molar-refractivity contribution in [3.8, 4) is 22.3 Å². The Morgan fingerprint density at radius 3 is 1.35 bits per heavy atom. The molecule has 2 aliphatic carbocycles. The number of nitrogens with two attached hydrogens (primary N) is 2. The first-order chi connectivity index (χ1) is 39.4. The minimum Gasteiger partial charge on any atom is -0.466 e. The van der Waals surface area contributed by atoms with Crippen molar-refractivity contribution in [2.24, 2.45) is 23.3 Å². The van der Waals surface area contributed by atoms with E-state index in [9.17, 15) is 38.7 Å². The number of anilines is 2. The summed E-state index contributed by atoms with van der Waals surface area (Å²) in [6.07, 6.45) is 4.56. The molecule has 0 radical (unpaired) electrons. The summed E-state index contributed by atoms with van der Waals surface area (Å²) in [6.45, 7) is 18.2. The van der Waals surface area contributed by atoms with Crippen molar-refractivity contribution in [2.45, 2.75) is 112 Å². The number of fused-ring (bicyclic) bond motifs is 8. The molecule has 2 aliphatic heterocycles. The predicted molar refractivity (Wildman–Crippen MR) is 321 cm³/mol. The van der Waals surface area contributed by atoms with Crippen LogP contribution in [0.25, 0.3) is 44.1 Å². The first-order valence-electron chi connectivity index (χ1n) is 28.3. The second-order valence-corrected chi connectivity index (χ2v) is 24.7. The zero-order valence-electron chi connectivity index (χ0n) is 48.3. The molecule has 15 nitrogen and oxygen atoms in total. The molecule has 424 valence electrons. The number of hydrogen-bond acceptors (Lipinski definition) is 9. The molecule has 4 heterocycles. The number of carbonyl (C=O) groups is 7. The number of aliphatic hydroxyl groups is 1. The summed E-state index contributed by atoms with van der Waals surface area (Å²) in [7, 11) is 0. The van der Waals surface area contributed by atoms with Gasteiger partial charge < -0.3 is 31.3 Å². The van der Waals surface area contributed by atoms with Crippen LogP contribution in [0.3, 0.4) is 0 Å². The quantitative estimate of drug-likeness (QED) is 0.0681. The van der Waals surface area contributed by atoms with E-state index in [-0.39, 0.29) is 58.9 Å². The van der Waals surface area contributed by atoms with Crippen molar-refractivity contribution in [1.82, 2.24) is 9.97 Å². The lowest BCUT2D eigenvalue weighted by Gasteiger charge is -2.23. The number of aryl methyl sites for hydroxylation is 2. The molecule has 0 saturated heterocycles. The Morgan fingerprint density at radius 2 is 0.952 bits per heavy atom. The van der Waals surface area contributed by atoms with Gasteiger partial charge >= 0.3 is 5.97 Å². The lowest BCUT2D eigenvalue weighted by atomic mass is 9.85. The van der Waals surface area contributed by atoms with E-state index < -0.39 is 11.8 Å². The Labute approximate surface area is 481 Å². The van der Waals surface area contributed by atoms with Gasteiger partial charge in [0.1, 0.15) is 0 Å². The van der Waals surface area contributed by atoms with Gasteiger partial charge in [-0.3, -0.25) is 33.6 Å².